The summed E-state index contributed by atoms with van der Waals surface area (Å²) in [5.74, 6) is 0.218. The van der Waals surface area contributed by atoms with Crippen molar-refractivity contribution in [3.8, 4) is 11.1 Å². The van der Waals surface area contributed by atoms with Crippen molar-refractivity contribution in [3.05, 3.63) is 80.8 Å². The maximum Gasteiger partial charge on any atom is 0.416 e. The lowest BCUT2D eigenvalue weighted by Gasteiger charge is -2.25. The molecular weight excluding hydrogens is 543 g/mol. The van der Waals surface area contributed by atoms with Crippen molar-refractivity contribution in [3.63, 3.8) is 0 Å². The number of thioether (sulfide) groups is 1. The van der Waals surface area contributed by atoms with Gasteiger partial charge in [0.25, 0.3) is 5.91 Å². The highest BCUT2D eigenvalue weighted by atomic mass is 32.2. The molecule has 4 rings (SSSR count). The monoisotopic (exact) mass is 573 g/mol. The largest absolute Gasteiger partial charge is 0.416 e. The van der Waals surface area contributed by atoms with Crippen LogP contribution < -0.4 is 5.32 Å². The molecule has 0 fully saturated rings. The Labute approximate surface area is 233 Å². The van der Waals surface area contributed by atoms with Gasteiger partial charge in [0.1, 0.15) is 0 Å². The van der Waals surface area contributed by atoms with E-state index in [1.165, 1.54) is 23.5 Å². The number of benzene rings is 2. The van der Waals surface area contributed by atoms with Gasteiger partial charge in [0.15, 0.2) is 5.82 Å². The number of rotatable bonds is 8. The van der Waals surface area contributed by atoms with Crippen molar-refractivity contribution in [1.82, 2.24) is 25.9 Å². The zero-order valence-corrected chi connectivity index (χ0v) is 23.9. The highest BCUT2D eigenvalue weighted by Crippen LogP contribution is 2.46. The Kier molecular flexibility index (Phi) is 8.51. The van der Waals surface area contributed by atoms with Crippen molar-refractivity contribution in [2.45, 2.75) is 63.9 Å². The molecule has 0 bridgehead atoms. The molecule has 0 spiro atoms. The predicted molar refractivity (Wildman–Crippen MR) is 149 cm³/mol. The van der Waals surface area contributed by atoms with Gasteiger partial charge in [-0.2, -0.15) is 18.4 Å². The van der Waals surface area contributed by atoms with Crippen molar-refractivity contribution < 1.29 is 18.0 Å². The van der Waals surface area contributed by atoms with Gasteiger partial charge in [0, 0.05) is 15.0 Å². The molecule has 2 heterocycles. The first-order valence-electron chi connectivity index (χ1n) is 12.4. The number of carbonyl (C=O) groups is 1. The second kappa shape index (κ2) is 11.5. The summed E-state index contributed by atoms with van der Waals surface area (Å²) in [7, 11) is 0. The second-order valence-electron chi connectivity index (χ2n) is 10.6. The van der Waals surface area contributed by atoms with E-state index in [-0.39, 0.29) is 23.1 Å². The van der Waals surface area contributed by atoms with Crippen LogP contribution in [0.15, 0.2) is 53.4 Å². The van der Waals surface area contributed by atoms with Crippen LogP contribution in [-0.4, -0.2) is 26.5 Å². The van der Waals surface area contributed by atoms with Crippen LogP contribution in [0.1, 0.15) is 69.5 Å². The smallest absolute Gasteiger partial charge is 0.344 e. The number of halogens is 3. The quantitative estimate of drug-likeness (QED) is 0.211. The molecule has 39 heavy (non-hydrogen) atoms. The molecule has 1 amide bonds. The number of alkyl halides is 3. The number of thiophene rings is 1. The third-order valence-electron chi connectivity index (χ3n) is 6.05. The zero-order chi connectivity index (χ0) is 28.4. The Morgan fingerprint density at radius 2 is 1.72 bits per heavy atom. The van der Waals surface area contributed by atoms with Crippen LogP contribution >= 0.6 is 23.1 Å². The summed E-state index contributed by atoms with van der Waals surface area (Å²) in [5.41, 5.74) is 3.09. The number of tetrazole rings is 1. The average Bonchev–Trinajstić information content (AvgIpc) is 3.53. The SMILES string of the molecule is Cc1cc(SC(CC(C)(C)C)c2ccc(C(=O)NCc3nn[nH]n3)s2)cc(C)c1-c1ccc(C(F)(F)F)cc1. The normalized spacial score (nSPS) is 12.9. The fourth-order valence-electron chi connectivity index (χ4n) is 4.35. The topological polar surface area (TPSA) is 83.6 Å². The fraction of sp³-hybridized carbons (Fsp3) is 0.357. The van der Waals surface area contributed by atoms with Gasteiger partial charge in [-0.15, -0.1) is 33.3 Å². The Balaban J connectivity index is 1.55. The molecule has 0 aliphatic carbocycles. The lowest BCUT2D eigenvalue weighted by Crippen LogP contribution is -2.22. The van der Waals surface area contributed by atoms with E-state index >= 15 is 0 Å². The van der Waals surface area contributed by atoms with Crippen molar-refractivity contribution in [2.75, 3.05) is 0 Å². The van der Waals surface area contributed by atoms with Gasteiger partial charge in [-0.1, -0.05) is 38.1 Å². The van der Waals surface area contributed by atoms with Crippen LogP contribution in [-0.2, 0) is 12.7 Å². The highest BCUT2D eigenvalue weighted by molar-refractivity contribution is 7.99. The standard InChI is InChI=1S/C28H30F3N5OS2/c1-16-12-20(13-17(2)25(16)18-6-8-19(9-7-18)28(29,30)31)38-23(14-27(3,4)5)21-10-11-22(39-21)26(37)32-15-24-33-35-36-34-24/h6-13,23H,14-15H2,1-5H3,(H,32,37)(H,33,34,35,36). The molecule has 0 aliphatic rings. The molecule has 6 nitrogen and oxygen atoms in total. The number of aromatic nitrogens is 4. The maximum absolute atomic E-state index is 13.0. The lowest BCUT2D eigenvalue weighted by molar-refractivity contribution is -0.137. The number of nitrogens with zero attached hydrogens (tertiary/aromatic N) is 3. The Hall–Kier alpha value is -3.18. The van der Waals surface area contributed by atoms with Crippen LogP contribution in [0, 0.1) is 19.3 Å². The van der Waals surface area contributed by atoms with Crippen molar-refractivity contribution in [1.29, 1.82) is 0 Å². The van der Waals surface area contributed by atoms with Crippen LogP contribution in [0.2, 0.25) is 0 Å². The van der Waals surface area contributed by atoms with Gasteiger partial charge >= 0.3 is 6.18 Å². The number of amides is 1. The number of H-pyrrole nitrogens is 1. The van der Waals surface area contributed by atoms with E-state index in [2.05, 4.69) is 58.8 Å². The first-order chi connectivity index (χ1) is 18.3. The zero-order valence-electron chi connectivity index (χ0n) is 22.3. The second-order valence-corrected chi connectivity index (χ2v) is 13.0. The third-order valence-corrected chi connectivity index (χ3v) is 8.61. The molecule has 206 valence electrons. The van der Waals surface area contributed by atoms with E-state index < -0.39 is 11.7 Å². The van der Waals surface area contributed by atoms with Gasteiger partial charge < -0.3 is 5.32 Å². The predicted octanol–water partition coefficient (Wildman–Crippen LogP) is 7.76. The van der Waals surface area contributed by atoms with Crippen molar-refractivity contribution >= 4 is 29.0 Å². The van der Waals surface area contributed by atoms with E-state index in [0.717, 1.165) is 50.6 Å². The summed E-state index contributed by atoms with van der Waals surface area (Å²) < 4.78 is 39.1. The highest BCUT2D eigenvalue weighted by Gasteiger charge is 2.30. The van der Waals surface area contributed by atoms with Gasteiger partial charge in [0.05, 0.1) is 17.0 Å². The number of aromatic amines is 1. The van der Waals surface area contributed by atoms with Gasteiger partial charge in [-0.25, -0.2) is 0 Å². The van der Waals surface area contributed by atoms with E-state index in [4.69, 9.17) is 0 Å². The maximum atomic E-state index is 13.0. The molecular formula is C28H30F3N5OS2. The minimum Gasteiger partial charge on any atom is -0.344 e. The lowest BCUT2D eigenvalue weighted by atomic mass is 9.90. The number of carbonyl (C=O) groups excluding carboxylic acids is 1. The first kappa shape index (κ1) is 28.8. The van der Waals surface area contributed by atoms with Crippen LogP contribution in [0.4, 0.5) is 13.2 Å². The first-order valence-corrected chi connectivity index (χ1v) is 14.1. The van der Waals surface area contributed by atoms with Gasteiger partial charge in [-0.3, -0.25) is 4.79 Å². The summed E-state index contributed by atoms with van der Waals surface area (Å²) in [6.45, 7) is 10.7. The molecule has 0 saturated carbocycles. The summed E-state index contributed by atoms with van der Waals surface area (Å²) >= 11 is 3.21. The van der Waals surface area contributed by atoms with E-state index in [0.29, 0.717) is 10.7 Å². The number of aryl methyl sites for hydroxylation is 2. The summed E-state index contributed by atoms with van der Waals surface area (Å²) in [6, 6.07) is 13.3. The number of hydrogen-bond acceptors (Lipinski definition) is 6. The molecule has 0 radical (unpaired) electrons. The summed E-state index contributed by atoms with van der Waals surface area (Å²) in [6.07, 6.45) is -3.47. The Morgan fingerprint density at radius 3 is 2.28 bits per heavy atom. The number of nitrogens with one attached hydrogen (secondary N) is 2. The molecule has 0 aliphatic heterocycles. The van der Waals surface area contributed by atoms with Crippen LogP contribution in [0.25, 0.3) is 11.1 Å². The Bertz CT molecular complexity index is 1400. The van der Waals surface area contributed by atoms with Crippen molar-refractivity contribution in [2.24, 2.45) is 5.41 Å². The molecule has 1 atom stereocenters. The minimum atomic E-state index is -4.36. The van der Waals surface area contributed by atoms with Gasteiger partial charge in [-0.05, 0) is 84.3 Å². The molecule has 2 N–H and O–H groups in total. The van der Waals surface area contributed by atoms with E-state index in [9.17, 15) is 18.0 Å². The van der Waals surface area contributed by atoms with E-state index in [1.807, 2.05) is 26.0 Å². The third kappa shape index (κ3) is 7.48. The van der Waals surface area contributed by atoms with Crippen LogP contribution in [0.5, 0.6) is 0 Å². The van der Waals surface area contributed by atoms with Gasteiger partial charge in [0.2, 0.25) is 0 Å². The summed E-state index contributed by atoms with van der Waals surface area (Å²) in [5, 5.41) is 16.5. The number of hydrogen-bond donors (Lipinski definition) is 2. The average molecular weight is 574 g/mol. The van der Waals surface area contributed by atoms with E-state index in [1.54, 1.807) is 11.8 Å². The molecule has 11 heteroatoms. The Morgan fingerprint density at radius 1 is 1.05 bits per heavy atom. The fourth-order valence-corrected chi connectivity index (χ4v) is 7.14. The molecule has 0 saturated heterocycles. The minimum absolute atomic E-state index is 0.0486. The molecule has 2 aromatic heterocycles. The van der Waals surface area contributed by atoms with Crippen LogP contribution in [0.3, 0.4) is 0 Å². The molecule has 4 aromatic rings. The molecule has 1 unspecified atom stereocenters. The summed E-state index contributed by atoms with van der Waals surface area (Å²) in [4.78, 5) is 15.5. The molecule has 2 aromatic carbocycles.